The zero-order chi connectivity index (χ0) is 14.7. The molecule has 5 nitrogen and oxygen atoms in total. The fourth-order valence-corrected chi connectivity index (χ4v) is 2.17. The summed E-state index contributed by atoms with van der Waals surface area (Å²) in [6, 6.07) is 7.26. The SMILES string of the molecule is C=CCN1C(=O)C[C@H](Nc2ccc(N(C)C)cc2)C1=O. The van der Waals surface area contributed by atoms with Gasteiger partial charge in [-0.05, 0) is 24.3 Å². The van der Waals surface area contributed by atoms with E-state index in [0.29, 0.717) is 0 Å². The van der Waals surface area contributed by atoms with Crippen molar-refractivity contribution in [1.29, 1.82) is 0 Å². The highest BCUT2D eigenvalue weighted by Gasteiger charge is 2.37. The molecule has 0 radical (unpaired) electrons. The van der Waals surface area contributed by atoms with Crippen molar-refractivity contribution in [3.8, 4) is 0 Å². The highest BCUT2D eigenvalue weighted by atomic mass is 16.2. The summed E-state index contributed by atoms with van der Waals surface area (Å²) >= 11 is 0. The van der Waals surface area contributed by atoms with Crippen LogP contribution in [0.2, 0.25) is 0 Å². The Morgan fingerprint density at radius 3 is 2.55 bits per heavy atom. The minimum Gasteiger partial charge on any atom is -0.378 e. The summed E-state index contributed by atoms with van der Waals surface area (Å²) in [7, 11) is 3.93. The van der Waals surface area contributed by atoms with Crippen molar-refractivity contribution in [2.24, 2.45) is 0 Å². The molecule has 1 fully saturated rings. The molecule has 1 atom stereocenters. The van der Waals surface area contributed by atoms with Gasteiger partial charge in [-0.3, -0.25) is 14.5 Å². The van der Waals surface area contributed by atoms with Crippen LogP contribution in [0.4, 0.5) is 11.4 Å². The fraction of sp³-hybridized carbons (Fsp3) is 0.333. The zero-order valence-electron chi connectivity index (χ0n) is 11.8. The number of carbonyl (C=O) groups excluding carboxylic acids is 2. The molecule has 1 N–H and O–H groups in total. The van der Waals surface area contributed by atoms with Crippen LogP contribution in [0.3, 0.4) is 0 Å². The van der Waals surface area contributed by atoms with Gasteiger partial charge in [0.05, 0.1) is 6.42 Å². The van der Waals surface area contributed by atoms with Gasteiger partial charge in [-0.15, -0.1) is 6.58 Å². The van der Waals surface area contributed by atoms with Gasteiger partial charge < -0.3 is 10.2 Å². The van der Waals surface area contributed by atoms with Gasteiger partial charge in [0.2, 0.25) is 5.91 Å². The van der Waals surface area contributed by atoms with Crippen molar-refractivity contribution in [1.82, 2.24) is 4.90 Å². The number of benzene rings is 1. The summed E-state index contributed by atoms with van der Waals surface area (Å²) in [5, 5.41) is 3.11. The first-order valence-electron chi connectivity index (χ1n) is 6.52. The second kappa shape index (κ2) is 5.77. The van der Waals surface area contributed by atoms with E-state index in [0.717, 1.165) is 11.4 Å². The average molecular weight is 273 g/mol. The topological polar surface area (TPSA) is 52.7 Å². The Hall–Kier alpha value is -2.30. The molecule has 2 rings (SSSR count). The zero-order valence-corrected chi connectivity index (χ0v) is 11.8. The second-order valence-electron chi connectivity index (χ2n) is 4.97. The number of nitrogens with zero attached hydrogens (tertiary/aromatic N) is 2. The van der Waals surface area contributed by atoms with Gasteiger partial charge in [0.15, 0.2) is 0 Å². The van der Waals surface area contributed by atoms with Gasteiger partial charge in [0, 0.05) is 32.0 Å². The third-order valence-electron chi connectivity index (χ3n) is 3.28. The van der Waals surface area contributed by atoms with Gasteiger partial charge >= 0.3 is 0 Å². The van der Waals surface area contributed by atoms with E-state index in [1.54, 1.807) is 6.08 Å². The number of anilines is 2. The van der Waals surface area contributed by atoms with E-state index >= 15 is 0 Å². The van der Waals surface area contributed by atoms with Crippen LogP contribution in [0, 0.1) is 0 Å². The maximum atomic E-state index is 12.1. The molecule has 0 saturated carbocycles. The van der Waals surface area contributed by atoms with Crippen molar-refractivity contribution in [2.75, 3.05) is 30.9 Å². The number of carbonyl (C=O) groups is 2. The van der Waals surface area contributed by atoms with E-state index < -0.39 is 6.04 Å². The van der Waals surface area contributed by atoms with E-state index in [1.165, 1.54) is 4.90 Å². The Balaban J connectivity index is 2.05. The molecule has 106 valence electrons. The molecule has 0 spiro atoms. The summed E-state index contributed by atoms with van der Waals surface area (Å²) in [6.07, 6.45) is 1.76. The number of hydrogen-bond donors (Lipinski definition) is 1. The first-order valence-corrected chi connectivity index (χ1v) is 6.52. The summed E-state index contributed by atoms with van der Waals surface area (Å²) < 4.78 is 0. The van der Waals surface area contributed by atoms with Crippen molar-refractivity contribution in [2.45, 2.75) is 12.5 Å². The quantitative estimate of drug-likeness (QED) is 0.652. The Morgan fingerprint density at radius 1 is 1.35 bits per heavy atom. The lowest BCUT2D eigenvalue weighted by Gasteiger charge is -2.16. The number of nitrogens with one attached hydrogen (secondary N) is 1. The summed E-state index contributed by atoms with van der Waals surface area (Å²) in [5.74, 6) is -0.344. The first-order chi connectivity index (χ1) is 9.52. The molecule has 1 heterocycles. The highest BCUT2D eigenvalue weighted by molar-refractivity contribution is 6.06. The van der Waals surface area contributed by atoms with Crippen molar-refractivity contribution in [3.63, 3.8) is 0 Å². The van der Waals surface area contributed by atoms with Crippen molar-refractivity contribution >= 4 is 23.2 Å². The van der Waals surface area contributed by atoms with Gasteiger partial charge in [0.1, 0.15) is 6.04 Å². The van der Waals surface area contributed by atoms with Crippen LogP contribution >= 0.6 is 0 Å². The van der Waals surface area contributed by atoms with E-state index in [9.17, 15) is 9.59 Å². The fourth-order valence-electron chi connectivity index (χ4n) is 2.17. The monoisotopic (exact) mass is 273 g/mol. The minimum atomic E-state index is -0.479. The number of rotatable bonds is 5. The standard InChI is InChI=1S/C15H19N3O2/c1-4-9-18-14(19)10-13(15(18)20)16-11-5-7-12(8-6-11)17(2)3/h4-8,13,16H,1,9-10H2,2-3H3/t13-/m0/s1. The molecule has 5 heteroatoms. The highest BCUT2D eigenvalue weighted by Crippen LogP contribution is 2.20. The Kier molecular flexibility index (Phi) is 4.08. The number of amides is 2. The van der Waals surface area contributed by atoms with Gasteiger partial charge in [-0.25, -0.2) is 0 Å². The molecule has 0 unspecified atom stereocenters. The van der Waals surface area contributed by atoms with E-state index in [4.69, 9.17) is 0 Å². The second-order valence-corrected chi connectivity index (χ2v) is 4.97. The molecule has 1 aliphatic heterocycles. The van der Waals surface area contributed by atoms with Crippen LogP contribution in [-0.2, 0) is 9.59 Å². The van der Waals surface area contributed by atoms with Crippen LogP contribution in [-0.4, -0.2) is 43.4 Å². The largest absolute Gasteiger partial charge is 0.378 e. The summed E-state index contributed by atoms with van der Waals surface area (Å²) in [4.78, 5) is 27.0. The van der Waals surface area contributed by atoms with Crippen molar-refractivity contribution in [3.05, 3.63) is 36.9 Å². The van der Waals surface area contributed by atoms with E-state index in [1.807, 2.05) is 43.3 Å². The Bertz CT molecular complexity index is 522. The maximum absolute atomic E-state index is 12.1. The van der Waals surface area contributed by atoms with Crippen LogP contribution in [0.5, 0.6) is 0 Å². The third-order valence-corrected chi connectivity index (χ3v) is 3.28. The lowest BCUT2D eigenvalue weighted by molar-refractivity contribution is -0.137. The van der Waals surface area contributed by atoms with Gasteiger partial charge in [-0.1, -0.05) is 6.08 Å². The molecule has 1 saturated heterocycles. The summed E-state index contributed by atoms with van der Waals surface area (Å²) in [5.41, 5.74) is 1.92. The van der Waals surface area contributed by atoms with Gasteiger partial charge in [0.25, 0.3) is 5.91 Å². The molecule has 1 aliphatic rings. The Morgan fingerprint density at radius 2 is 2.00 bits per heavy atom. The minimum absolute atomic E-state index is 0.155. The first kappa shape index (κ1) is 14.1. The molecular formula is C15H19N3O2. The number of imide groups is 1. The van der Waals surface area contributed by atoms with Crippen LogP contribution in [0.25, 0.3) is 0 Å². The Labute approximate surface area is 118 Å². The smallest absolute Gasteiger partial charge is 0.252 e. The third kappa shape index (κ3) is 2.82. The van der Waals surface area contributed by atoms with E-state index in [-0.39, 0.29) is 24.8 Å². The molecule has 1 aromatic carbocycles. The number of likely N-dealkylation sites (tertiary alicyclic amines) is 1. The van der Waals surface area contributed by atoms with Gasteiger partial charge in [-0.2, -0.15) is 0 Å². The average Bonchev–Trinajstić information content (AvgIpc) is 2.67. The van der Waals surface area contributed by atoms with E-state index in [2.05, 4.69) is 11.9 Å². The van der Waals surface area contributed by atoms with Crippen LogP contribution in [0.1, 0.15) is 6.42 Å². The van der Waals surface area contributed by atoms with Crippen LogP contribution in [0.15, 0.2) is 36.9 Å². The predicted octanol–water partition coefficient (Wildman–Crippen LogP) is 1.48. The molecule has 2 amide bonds. The molecule has 0 aliphatic carbocycles. The van der Waals surface area contributed by atoms with Crippen LogP contribution < -0.4 is 10.2 Å². The number of hydrogen-bond acceptors (Lipinski definition) is 4. The molecule has 0 aromatic heterocycles. The molecule has 20 heavy (non-hydrogen) atoms. The lowest BCUT2D eigenvalue weighted by atomic mass is 10.2. The molecular weight excluding hydrogens is 254 g/mol. The maximum Gasteiger partial charge on any atom is 0.252 e. The predicted molar refractivity (Wildman–Crippen MR) is 79.7 cm³/mol. The summed E-state index contributed by atoms with van der Waals surface area (Å²) in [6.45, 7) is 3.83. The molecule has 1 aromatic rings. The normalized spacial score (nSPS) is 18.3. The molecule has 0 bridgehead atoms. The lowest BCUT2D eigenvalue weighted by Crippen LogP contribution is -2.34. The van der Waals surface area contributed by atoms with Crippen molar-refractivity contribution < 1.29 is 9.59 Å².